The standard InChI is InChI=1S/C21H22BrN3OS/c1-14-6-7-17(16(22)12-14)23-20(26)13-25-10-8-15(9-11-25)21-24-18-4-2-3-5-19(18)27-21/h2-7,12,15H,8-11,13H2,1H3,(H,23,26). The maximum Gasteiger partial charge on any atom is 0.238 e. The van der Waals surface area contributed by atoms with E-state index in [1.54, 1.807) is 0 Å². The highest BCUT2D eigenvalue weighted by Gasteiger charge is 2.24. The van der Waals surface area contributed by atoms with Crippen molar-refractivity contribution >= 4 is 49.1 Å². The van der Waals surface area contributed by atoms with Crippen LogP contribution < -0.4 is 5.32 Å². The van der Waals surface area contributed by atoms with E-state index in [1.165, 1.54) is 9.71 Å². The number of rotatable bonds is 4. The lowest BCUT2D eigenvalue weighted by Crippen LogP contribution is -2.38. The highest BCUT2D eigenvalue weighted by molar-refractivity contribution is 9.10. The third-order valence-corrected chi connectivity index (χ3v) is 6.87. The first-order chi connectivity index (χ1) is 13.1. The highest BCUT2D eigenvalue weighted by atomic mass is 79.9. The van der Waals surface area contributed by atoms with Gasteiger partial charge in [0, 0.05) is 10.4 Å². The first-order valence-electron chi connectivity index (χ1n) is 9.22. The molecule has 6 heteroatoms. The third kappa shape index (κ3) is 4.39. The summed E-state index contributed by atoms with van der Waals surface area (Å²) in [6, 6.07) is 14.3. The Hall–Kier alpha value is -1.76. The zero-order valence-corrected chi connectivity index (χ0v) is 17.6. The fourth-order valence-corrected chi connectivity index (χ4v) is 5.25. The molecular formula is C21H22BrN3OS. The van der Waals surface area contributed by atoms with Crippen molar-refractivity contribution in [3.8, 4) is 0 Å². The van der Waals surface area contributed by atoms with Crippen molar-refractivity contribution < 1.29 is 4.79 Å². The third-order valence-electron chi connectivity index (χ3n) is 5.01. The number of aromatic nitrogens is 1. The number of aryl methyl sites for hydroxylation is 1. The molecule has 0 radical (unpaired) electrons. The van der Waals surface area contributed by atoms with E-state index in [0.717, 1.165) is 47.2 Å². The van der Waals surface area contributed by atoms with Gasteiger partial charge in [-0.05, 0) is 78.6 Å². The van der Waals surface area contributed by atoms with Crippen molar-refractivity contribution in [3.05, 3.63) is 57.5 Å². The topological polar surface area (TPSA) is 45.2 Å². The zero-order chi connectivity index (χ0) is 18.8. The smallest absolute Gasteiger partial charge is 0.238 e. The minimum atomic E-state index is 0.0398. The van der Waals surface area contributed by atoms with Crippen molar-refractivity contribution in [3.63, 3.8) is 0 Å². The molecule has 140 valence electrons. The number of benzene rings is 2. The molecule has 0 bridgehead atoms. The Balaban J connectivity index is 1.31. The van der Waals surface area contributed by atoms with Gasteiger partial charge in [0.2, 0.25) is 5.91 Å². The molecule has 0 aliphatic carbocycles. The summed E-state index contributed by atoms with van der Waals surface area (Å²) >= 11 is 5.32. The average Bonchev–Trinajstić information content (AvgIpc) is 3.09. The molecular weight excluding hydrogens is 422 g/mol. The Morgan fingerprint density at radius 3 is 2.78 bits per heavy atom. The number of carbonyl (C=O) groups excluding carboxylic acids is 1. The largest absolute Gasteiger partial charge is 0.324 e. The first kappa shape index (κ1) is 18.6. The van der Waals surface area contributed by atoms with Crippen molar-refractivity contribution in [2.75, 3.05) is 25.0 Å². The number of hydrogen-bond donors (Lipinski definition) is 1. The number of thiazole rings is 1. The van der Waals surface area contributed by atoms with Crippen LogP contribution in [0.15, 0.2) is 46.9 Å². The number of carbonyl (C=O) groups is 1. The number of piperidine rings is 1. The summed E-state index contributed by atoms with van der Waals surface area (Å²) in [5.74, 6) is 0.547. The molecule has 1 fully saturated rings. The molecule has 0 saturated carbocycles. The number of likely N-dealkylation sites (tertiary alicyclic amines) is 1. The van der Waals surface area contributed by atoms with Gasteiger partial charge in [-0.3, -0.25) is 9.69 Å². The van der Waals surface area contributed by atoms with Crippen molar-refractivity contribution in [2.24, 2.45) is 0 Å². The van der Waals surface area contributed by atoms with Crippen LogP contribution in [0, 0.1) is 6.92 Å². The summed E-state index contributed by atoms with van der Waals surface area (Å²) in [6.07, 6.45) is 2.11. The van der Waals surface area contributed by atoms with Crippen LogP contribution in [0.1, 0.15) is 29.3 Å². The summed E-state index contributed by atoms with van der Waals surface area (Å²) in [5.41, 5.74) is 3.09. The summed E-state index contributed by atoms with van der Waals surface area (Å²) < 4.78 is 2.18. The van der Waals surface area contributed by atoms with Crippen LogP contribution >= 0.6 is 27.3 Å². The van der Waals surface area contributed by atoms with Gasteiger partial charge in [0.1, 0.15) is 0 Å². The van der Waals surface area contributed by atoms with Crippen LogP contribution in [0.25, 0.3) is 10.2 Å². The van der Waals surface area contributed by atoms with Crippen LogP contribution in [-0.4, -0.2) is 35.4 Å². The zero-order valence-electron chi connectivity index (χ0n) is 15.2. The highest BCUT2D eigenvalue weighted by Crippen LogP contribution is 2.33. The van der Waals surface area contributed by atoms with Crippen LogP contribution in [0.4, 0.5) is 5.69 Å². The Morgan fingerprint density at radius 1 is 1.26 bits per heavy atom. The van der Waals surface area contributed by atoms with Crippen molar-refractivity contribution in [2.45, 2.75) is 25.7 Å². The van der Waals surface area contributed by atoms with Gasteiger partial charge in [0.25, 0.3) is 0 Å². The predicted octanol–water partition coefficient (Wildman–Crippen LogP) is 5.19. The van der Waals surface area contributed by atoms with Crippen LogP contribution in [0.5, 0.6) is 0 Å². The minimum absolute atomic E-state index is 0.0398. The van der Waals surface area contributed by atoms with Crippen LogP contribution in [0.3, 0.4) is 0 Å². The number of nitrogens with one attached hydrogen (secondary N) is 1. The van der Waals surface area contributed by atoms with Crippen LogP contribution in [-0.2, 0) is 4.79 Å². The van der Waals surface area contributed by atoms with E-state index in [-0.39, 0.29) is 5.91 Å². The monoisotopic (exact) mass is 443 g/mol. The Morgan fingerprint density at radius 2 is 2.04 bits per heavy atom. The normalized spacial score (nSPS) is 15.9. The van der Waals surface area contributed by atoms with Gasteiger partial charge >= 0.3 is 0 Å². The van der Waals surface area contributed by atoms with Gasteiger partial charge in [-0.25, -0.2) is 4.98 Å². The summed E-state index contributed by atoms with van der Waals surface area (Å²) in [5, 5.41) is 4.25. The van der Waals surface area contributed by atoms with Crippen molar-refractivity contribution in [1.82, 2.24) is 9.88 Å². The van der Waals surface area contributed by atoms with Crippen molar-refractivity contribution in [1.29, 1.82) is 0 Å². The molecule has 0 unspecified atom stereocenters. The van der Waals surface area contributed by atoms with E-state index in [4.69, 9.17) is 4.98 Å². The second kappa shape index (κ2) is 8.09. The molecule has 4 rings (SSSR count). The number of halogens is 1. The lowest BCUT2D eigenvalue weighted by molar-refractivity contribution is -0.117. The summed E-state index contributed by atoms with van der Waals surface area (Å²) in [6.45, 7) is 4.34. The Kier molecular flexibility index (Phi) is 5.57. The molecule has 4 nitrogen and oxygen atoms in total. The molecule has 1 aliphatic heterocycles. The summed E-state index contributed by atoms with van der Waals surface area (Å²) in [7, 11) is 0. The maximum atomic E-state index is 12.4. The molecule has 1 N–H and O–H groups in total. The lowest BCUT2D eigenvalue weighted by Gasteiger charge is -2.30. The molecule has 1 saturated heterocycles. The van der Waals surface area contributed by atoms with E-state index >= 15 is 0 Å². The number of fused-ring (bicyclic) bond motifs is 1. The number of nitrogens with zero attached hydrogens (tertiary/aromatic N) is 2. The van der Waals surface area contributed by atoms with E-state index < -0.39 is 0 Å². The predicted molar refractivity (Wildman–Crippen MR) is 116 cm³/mol. The van der Waals surface area contributed by atoms with E-state index in [1.807, 2.05) is 42.5 Å². The van der Waals surface area contributed by atoms with Gasteiger partial charge in [-0.15, -0.1) is 11.3 Å². The fourth-order valence-electron chi connectivity index (χ4n) is 3.52. The lowest BCUT2D eigenvalue weighted by atomic mass is 9.97. The molecule has 0 spiro atoms. The molecule has 2 heterocycles. The van der Waals surface area contributed by atoms with Gasteiger partial charge in [0.15, 0.2) is 0 Å². The molecule has 1 amide bonds. The van der Waals surface area contributed by atoms with E-state index in [2.05, 4.69) is 44.3 Å². The second-order valence-electron chi connectivity index (χ2n) is 7.10. The van der Waals surface area contributed by atoms with Gasteiger partial charge in [0.05, 0.1) is 27.5 Å². The van der Waals surface area contributed by atoms with E-state index in [9.17, 15) is 4.79 Å². The maximum absolute atomic E-state index is 12.4. The fraction of sp³-hybridized carbons (Fsp3) is 0.333. The van der Waals surface area contributed by atoms with E-state index in [0.29, 0.717) is 12.5 Å². The molecule has 3 aromatic rings. The number of hydrogen-bond acceptors (Lipinski definition) is 4. The molecule has 0 atom stereocenters. The van der Waals surface area contributed by atoms with Gasteiger partial charge in [-0.2, -0.15) is 0 Å². The number of para-hydroxylation sites is 1. The molecule has 1 aromatic heterocycles. The SMILES string of the molecule is Cc1ccc(NC(=O)CN2CCC(c3nc4ccccc4s3)CC2)c(Br)c1. The van der Waals surface area contributed by atoms with Crippen LogP contribution in [0.2, 0.25) is 0 Å². The van der Waals surface area contributed by atoms with Gasteiger partial charge < -0.3 is 5.32 Å². The second-order valence-corrected chi connectivity index (χ2v) is 9.02. The average molecular weight is 444 g/mol. The first-order valence-corrected chi connectivity index (χ1v) is 10.8. The number of anilines is 1. The molecule has 1 aliphatic rings. The molecule has 27 heavy (non-hydrogen) atoms. The Bertz CT molecular complexity index is 930. The van der Waals surface area contributed by atoms with Gasteiger partial charge in [-0.1, -0.05) is 18.2 Å². The Labute approximate surface area is 171 Å². The molecule has 2 aromatic carbocycles. The minimum Gasteiger partial charge on any atom is -0.324 e. The number of amides is 1. The summed E-state index contributed by atoms with van der Waals surface area (Å²) in [4.78, 5) is 19.5. The quantitative estimate of drug-likeness (QED) is 0.603.